The third-order valence-corrected chi connectivity index (χ3v) is 2.09. The molecule has 2 aliphatic carbocycles. The van der Waals surface area contributed by atoms with Gasteiger partial charge in [0.2, 0.25) is 0 Å². The van der Waals surface area contributed by atoms with E-state index in [1.165, 1.54) is 5.57 Å². The standard InChI is InChI=1S/C9H13.C5H5.Hf.2H/c1-9(2,3)8-6-4-5-7-8;1-2-4-5-3-1;;;/h4,6H,5H2,1-3H3;1-3H,4H2;;;/q2*-1;+4;2*-1. The molecule has 15 heavy (non-hydrogen) atoms. The normalized spacial score (nSPS) is 16.9. The van der Waals surface area contributed by atoms with Gasteiger partial charge in [-0.25, -0.2) is 23.8 Å². The van der Waals surface area contributed by atoms with E-state index < -0.39 is 0 Å². The molecule has 0 heterocycles. The van der Waals surface area contributed by atoms with Crippen LogP contribution in [0.4, 0.5) is 0 Å². The van der Waals surface area contributed by atoms with E-state index in [9.17, 15) is 0 Å². The Labute approximate surface area is 116 Å². The van der Waals surface area contributed by atoms with Crippen LogP contribution in [-0.2, 0) is 25.8 Å². The summed E-state index contributed by atoms with van der Waals surface area (Å²) >= 11 is 0. The van der Waals surface area contributed by atoms with Crippen LogP contribution in [0, 0.1) is 17.6 Å². The van der Waals surface area contributed by atoms with Crippen LogP contribution >= 0.6 is 0 Å². The van der Waals surface area contributed by atoms with E-state index in [-0.39, 0.29) is 28.7 Å². The van der Waals surface area contributed by atoms with Crippen molar-refractivity contribution < 1.29 is 28.7 Å². The average Bonchev–Trinajstić information content (AvgIpc) is 2.80. The summed E-state index contributed by atoms with van der Waals surface area (Å²) in [6, 6.07) is 0. The van der Waals surface area contributed by atoms with Crippen molar-refractivity contribution in [3.05, 3.63) is 48.1 Å². The maximum Gasteiger partial charge on any atom is 4.00 e. The predicted molar refractivity (Wildman–Crippen MR) is 63.8 cm³/mol. The van der Waals surface area contributed by atoms with E-state index in [0.29, 0.717) is 5.41 Å². The molecule has 0 spiro atoms. The molecule has 0 amide bonds. The molecule has 0 aromatic heterocycles. The molecule has 0 N–H and O–H groups in total. The smallest absolute Gasteiger partial charge is 1.00 e. The Morgan fingerprint density at radius 2 is 1.93 bits per heavy atom. The third-order valence-electron chi connectivity index (χ3n) is 2.09. The fourth-order valence-electron chi connectivity index (χ4n) is 1.26. The number of allylic oxidation sites excluding steroid dienone is 8. The molecule has 0 aliphatic heterocycles. The van der Waals surface area contributed by atoms with Gasteiger partial charge in [-0.2, -0.15) is 12.2 Å². The van der Waals surface area contributed by atoms with E-state index in [2.05, 4.69) is 51.2 Å². The van der Waals surface area contributed by atoms with Crippen molar-refractivity contribution >= 4 is 0 Å². The van der Waals surface area contributed by atoms with Gasteiger partial charge in [-0.1, -0.05) is 20.8 Å². The second kappa shape index (κ2) is 7.16. The molecule has 0 unspecified atom stereocenters. The molecular weight excluding hydrogens is 347 g/mol. The first-order valence-electron chi connectivity index (χ1n) is 5.10. The Hall–Kier alpha value is -0.170. The molecule has 0 saturated carbocycles. The maximum absolute atomic E-state index is 3.30. The van der Waals surface area contributed by atoms with Crippen LogP contribution in [0.15, 0.2) is 36.0 Å². The Morgan fingerprint density at radius 3 is 2.13 bits per heavy atom. The molecule has 0 aromatic carbocycles. The van der Waals surface area contributed by atoms with Gasteiger partial charge in [-0.3, -0.25) is 12.2 Å². The third kappa shape index (κ3) is 6.09. The van der Waals surface area contributed by atoms with E-state index in [1.54, 1.807) is 0 Å². The summed E-state index contributed by atoms with van der Waals surface area (Å²) in [4.78, 5) is 0. The van der Waals surface area contributed by atoms with Crippen molar-refractivity contribution in [3.63, 3.8) is 0 Å². The minimum Gasteiger partial charge on any atom is -1.00 e. The van der Waals surface area contributed by atoms with Gasteiger partial charge in [-0.15, -0.1) is 12.8 Å². The fourth-order valence-corrected chi connectivity index (χ4v) is 1.26. The Balaban J connectivity index is -0.000000216. The van der Waals surface area contributed by atoms with Crippen molar-refractivity contribution in [2.45, 2.75) is 33.6 Å². The van der Waals surface area contributed by atoms with Crippen molar-refractivity contribution in [1.82, 2.24) is 0 Å². The fraction of sp³-hybridized carbons (Fsp3) is 0.429. The zero-order chi connectivity index (χ0) is 10.4. The second-order valence-corrected chi connectivity index (χ2v) is 4.45. The molecule has 2 rings (SSSR count). The molecule has 0 bridgehead atoms. The van der Waals surface area contributed by atoms with E-state index in [4.69, 9.17) is 0 Å². The largest absolute Gasteiger partial charge is 4.00 e. The van der Waals surface area contributed by atoms with Crippen molar-refractivity contribution in [1.29, 1.82) is 0 Å². The minimum atomic E-state index is 0. The predicted octanol–water partition coefficient (Wildman–Crippen LogP) is 4.25. The molecule has 0 aromatic rings. The van der Waals surface area contributed by atoms with Crippen LogP contribution in [-0.4, -0.2) is 0 Å². The second-order valence-electron chi connectivity index (χ2n) is 4.45. The molecule has 0 fully saturated rings. The zero-order valence-corrected chi connectivity index (χ0v) is 13.4. The van der Waals surface area contributed by atoms with Crippen LogP contribution in [0.1, 0.15) is 36.5 Å². The Bertz CT molecular complexity index is 284. The van der Waals surface area contributed by atoms with Gasteiger partial charge in [0.1, 0.15) is 0 Å². The summed E-state index contributed by atoms with van der Waals surface area (Å²) in [6.07, 6.45) is 18.6. The first kappa shape index (κ1) is 14.8. The van der Waals surface area contributed by atoms with Crippen LogP contribution < -0.4 is 0 Å². The number of hydrogen-bond donors (Lipinski definition) is 0. The van der Waals surface area contributed by atoms with Crippen LogP contribution in [0.2, 0.25) is 0 Å². The van der Waals surface area contributed by atoms with E-state index in [0.717, 1.165) is 12.8 Å². The van der Waals surface area contributed by atoms with Crippen LogP contribution in [0.25, 0.3) is 0 Å². The van der Waals surface area contributed by atoms with Crippen LogP contribution in [0.3, 0.4) is 0 Å². The van der Waals surface area contributed by atoms with Gasteiger partial charge in [0.25, 0.3) is 0 Å². The average molecular weight is 367 g/mol. The topological polar surface area (TPSA) is 0 Å². The molecule has 1 heteroatoms. The van der Waals surface area contributed by atoms with Gasteiger partial charge in [-0.05, 0) is 5.41 Å². The quantitative estimate of drug-likeness (QED) is 0.444. The minimum absolute atomic E-state index is 0. The van der Waals surface area contributed by atoms with Crippen molar-refractivity contribution in [2.75, 3.05) is 0 Å². The summed E-state index contributed by atoms with van der Waals surface area (Å²) in [7, 11) is 0. The summed E-state index contributed by atoms with van der Waals surface area (Å²) in [6.45, 7) is 6.64. The summed E-state index contributed by atoms with van der Waals surface area (Å²) in [5, 5.41) is 0. The Kier molecular flexibility index (Phi) is 7.08. The van der Waals surface area contributed by atoms with Gasteiger partial charge >= 0.3 is 25.8 Å². The molecule has 80 valence electrons. The molecule has 0 nitrogen and oxygen atoms in total. The first-order chi connectivity index (χ1) is 6.61. The Morgan fingerprint density at radius 1 is 1.20 bits per heavy atom. The number of rotatable bonds is 0. The SMILES string of the molecule is CC(C)(C)C1=[C-]CC=C1.[C-]1=CC=CC1.[H-].[H-].[Hf+4]. The maximum atomic E-state index is 3.30. The summed E-state index contributed by atoms with van der Waals surface area (Å²) in [5.74, 6) is 0. The summed E-state index contributed by atoms with van der Waals surface area (Å²) < 4.78 is 0. The van der Waals surface area contributed by atoms with E-state index in [1.807, 2.05) is 12.2 Å². The summed E-state index contributed by atoms with van der Waals surface area (Å²) in [5.41, 5.74) is 1.65. The van der Waals surface area contributed by atoms with Crippen LogP contribution in [0.5, 0.6) is 0 Å². The van der Waals surface area contributed by atoms with Crippen molar-refractivity contribution in [3.8, 4) is 0 Å². The molecule has 0 saturated heterocycles. The molecular formula is C14H20Hf. The van der Waals surface area contributed by atoms with Gasteiger partial charge < -0.3 is 2.85 Å². The van der Waals surface area contributed by atoms with Gasteiger partial charge in [0, 0.05) is 0 Å². The monoisotopic (exact) mass is 368 g/mol. The van der Waals surface area contributed by atoms with E-state index >= 15 is 0 Å². The van der Waals surface area contributed by atoms with Gasteiger partial charge in [0.15, 0.2) is 0 Å². The molecule has 2 aliphatic rings. The zero-order valence-electron chi connectivity index (χ0n) is 11.8. The molecule has 0 atom stereocenters. The van der Waals surface area contributed by atoms with Gasteiger partial charge in [0.05, 0.1) is 0 Å². The first-order valence-corrected chi connectivity index (χ1v) is 5.10. The number of hydrogen-bond acceptors (Lipinski definition) is 0. The molecule has 0 radical (unpaired) electrons. The van der Waals surface area contributed by atoms with Crippen molar-refractivity contribution in [2.24, 2.45) is 5.41 Å².